The van der Waals surface area contributed by atoms with Crippen LogP contribution in [0.2, 0.25) is 0 Å². The molecule has 1 saturated carbocycles. The molecule has 1 aromatic heterocycles. The maximum Gasteiger partial charge on any atom is 0.276 e. The molecule has 1 heterocycles. The van der Waals surface area contributed by atoms with Crippen LogP contribution in [-0.2, 0) is 9.53 Å². The maximum absolute atomic E-state index is 13.0. The summed E-state index contributed by atoms with van der Waals surface area (Å²) in [5, 5.41) is 8.38. The Bertz CT molecular complexity index is 744. The number of amides is 2. The van der Waals surface area contributed by atoms with Crippen molar-refractivity contribution >= 4 is 23.3 Å². The van der Waals surface area contributed by atoms with E-state index in [0.29, 0.717) is 13.2 Å². The molecule has 0 spiro atoms. The van der Waals surface area contributed by atoms with Crippen LogP contribution in [0.1, 0.15) is 40.5 Å². The lowest BCUT2D eigenvalue weighted by Gasteiger charge is -2.31. The fraction of sp³-hybridized carbons (Fsp3) is 0.444. The normalized spacial score (nSPS) is 14.7. The number of carbonyl (C=O) groups is 2. The van der Waals surface area contributed by atoms with E-state index in [9.17, 15) is 9.59 Å². The summed E-state index contributed by atoms with van der Waals surface area (Å²) in [4.78, 5) is 27.6. The second-order valence-corrected chi connectivity index (χ2v) is 6.94. The molecule has 1 fully saturated rings. The van der Waals surface area contributed by atoms with Gasteiger partial charge in [0.25, 0.3) is 5.91 Å². The number of nitrogens with zero attached hydrogens (tertiary/aromatic N) is 3. The van der Waals surface area contributed by atoms with Gasteiger partial charge in [-0.3, -0.25) is 9.59 Å². The van der Waals surface area contributed by atoms with Crippen molar-refractivity contribution in [1.29, 1.82) is 0 Å². The molecule has 0 radical (unpaired) electrons. The van der Waals surface area contributed by atoms with Gasteiger partial charge in [-0.1, -0.05) is 34.3 Å². The van der Waals surface area contributed by atoms with Crippen LogP contribution >= 0.6 is 11.5 Å². The fourth-order valence-corrected chi connectivity index (χ4v) is 3.23. The molecule has 0 unspecified atom stereocenters. The van der Waals surface area contributed by atoms with Gasteiger partial charge < -0.3 is 15.0 Å². The third-order valence-electron chi connectivity index (χ3n) is 4.28. The summed E-state index contributed by atoms with van der Waals surface area (Å²) in [5.74, 6) is -0.469. The van der Waals surface area contributed by atoms with Gasteiger partial charge >= 0.3 is 0 Å². The van der Waals surface area contributed by atoms with Crippen LogP contribution in [-0.4, -0.2) is 52.6 Å². The number of nitrogens with one attached hydrogen (secondary N) is 1. The Kier molecular flexibility index (Phi) is 5.95. The second-order valence-electron chi connectivity index (χ2n) is 6.33. The van der Waals surface area contributed by atoms with Crippen LogP contribution < -0.4 is 5.32 Å². The first-order valence-corrected chi connectivity index (χ1v) is 9.38. The van der Waals surface area contributed by atoms with Gasteiger partial charge in [0, 0.05) is 25.1 Å². The number of aryl methyl sites for hydroxylation is 1. The number of benzene rings is 1. The molecule has 26 heavy (non-hydrogen) atoms. The third kappa shape index (κ3) is 4.25. The van der Waals surface area contributed by atoms with Crippen LogP contribution in [0, 0.1) is 6.92 Å². The van der Waals surface area contributed by atoms with Gasteiger partial charge in [-0.05, 0) is 36.9 Å². The van der Waals surface area contributed by atoms with Crippen molar-refractivity contribution in [2.24, 2.45) is 0 Å². The lowest BCUT2D eigenvalue weighted by molar-refractivity contribution is -0.126. The standard InChI is InChI=1S/C18H22N4O3S/c1-12-3-5-13(6-4-12)16(17(23)19-9-10-25-2)22(14-7-8-14)18(24)15-11-26-21-20-15/h3-6,11,14,16H,7-10H2,1-2H3,(H,19,23)/t16-/m1/s1. The molecule has 1 atom stereocenters. The first-order chi connectivity index (χ1) is 12.6. The maximum atomic E-state index is 13.0. The summed E-state index contributed by atoms with van der Waals surface area (Å²) in [6.45, 7) is 2.80. The molecular weight excluding hydrogens is 352 g/mol. The number of ether oxygens (including phenoxy) is 1. The minimum atomic E-state index is -0.700. The Balaban J connectivity index is 1.92. The van der Waals surface area contributed by atoms with E-state index in [1.165, 1.54) is 0 Å². The number of aromatic nitrogens is 2. The molecule has 1 aliphatic carbocycles. The lowest BCUT2D eigenvalue weighted by atomic mass is 10.0. The first kappa shape index (κ1) is 18.5. The van der Waals surface area contributed by atoms with Gasteiger partial charge in [0.15, 0.2) is 5.69 Å². The topological polar surface area (TPSA) is 84.4 Å². The Morgan fingerprint density at radius 1 is 1.35 bits per heavy atom. The van der Waals surface area contributed by atoms with Gasteiger partial charge in [-0.15, -0.1) is 5.10 Å². The summed E-state index contributed by atoms with van der Waals surface area (Å²) < 4.78 is 8.79. The molecule has 1 aromatic carbocycles. The molecule has 8 heteroatoms. The molecule has 7 nitrogen and oxygen atoms in total. The van der Waals surface area contributed by atoms with Gasteiger partial charge in [-0.2, -0.15) is 0 Å². The fourth-order valence-electron chi connectivity index (χ4n) is 2.80. The van der Waals surface area contributed by atoms with Gasteiger partial charge in [0.1, 0.15) is 6.04 Å². The summed E-state index contributed by atoms with van der Waals surface area (Å²) >= 11 is 1.13. The highest BCUT2D eigenvalue weighted by Crippen LogP contribution is 2.36. The van der Waals surface area contributed by atoms with E-state index in [-0.39, 0.29) is 23.6 Å². The number of hydrogen-bond donors (Lipinski definition) is 1. The number of rotatable bonds is 8. The minimum Gasteiger partial charge on any atom is -0.383 e. The van der Waals surface area contributed by atoms with Crippen LogP contribution in [0.15, 0.2) is 29.6 Å². The van der Waals surface area contributed by atoms with Crippen LogP contribution in [0.25, 0.3) is 0 Å². The zero-order valence-corrected chi connectivity index (χ0v) is 15.7. The van der Waals surface area contributed by atoms with Gasteiger partial charge in [-0.25, -0.2) is 0 Å². The van der Waals surface area contributed by atoms with E-state index in [1.807, 2.05) is 31.2 Å². The highest BCUT2D eigenvalue weighted by molar-refractivity contribution is 7.03. The quantitative estimate of drug-likeness (QED) is 0.714. The van der Waals surface area contributed by atoms with E-state index in [4.69, 9.17) is 4.74 Å². The third-order valence-corrected chi connectivity index (χ3v) is 4.78. The van der Waals surface area contributed by atoms with Crippen molar-refractivity contribution < 1.29 is 14.3 Å². The molecule has 138 valence electrons. The van der Waals surface area contributed by atoms with Crippen molar-refractivity contribution in [3.05, 3.63) is 46.5 Å². The predicted molar refractivity (Wildman–Crippen MR) is 97.9 cm³/mol. The molecule has 0 bridgehead atoms. The van der Waals surface area contributed by atoms with Crippen molar-refractivity contribution in [1.82, 2.24) is 19.8 Å². The van der Waals surface area contributed by atoms with E-state index < -0.39 is 6.04 Å². The zero-order chi connectivity index (χ0) is 18.5. The highest BCUT2D eigenvalue weighted by atomic mass is 32.1. The summed E-state index contributed by atoms with van der Waals surface area (Å²) in [6, 6.07) is 7.04. The van der Waals surface area contributed by atoms with Crippen LogP contribution in [0.4, 0.5) is 0 Å². The molecule has 1 aliphatic rings. The van der Waals surface area contributed by atoms with Crippen molar-refractivity contribution in [3.63, 3.8) is 0 Å². The molecule has 3 rings (SSSR count). The molecule has 2 aromatic rings. The smallest absolute Gasteiger partial charge is 0.276 e. The second kappa shape index (κ2) is 8.37. The molecule has 2 amide bonds. The zero-order valence-electron chi connectivity index (χ0n) is 14.8. The average molecular weight is 374 g/mol. The van der Waals surface area contributed by atoms with E-state index in [2.05, 4.69) is 14.9 Å². The Hall–Kier alpha value is -2.32. The first-order valence-electron chi connectivity index (χ1n) is 8.54. The lowest BCUT2D eigenvalue weighted by Crippen LogP contribution is -2.45. The molecular formula is C18H22N4O3S. The summed E-state index contributed by atoms with van der Waals surface area (Å²) in [6.07, 6.45) is 1.77. The van der Waals surface area contributed by atoms with Crippen LogP contribution in [0.3, 0.4) is 0 Å². The monoisotopic (exact) mass is 374 g/mol. The van der Waals surface area contributed by atoms with Crippen molar-refractivity contribution in [2.75, 3.05) is 20.3 Å². The Labute approximate surface area is 156 Å². The van der Waals surface area contributed by atoms with E-state index >= 15 is 0 Å². The van der Waals surface area contributed by atoms with Crippen molar-refractivity contribution in [3.8, 4) is 0 Å². The Morgan fingerprint density at radius 3 is 2.65 bits per heavy atom. The number of methoxy groups -OCH3 is 1. The summed E-state index contributed by atoms with van der Waals surface area (Å²) in [5.41, 5.74) is 2.16. The van der Waals surface area contributed by atoms with Crippen LogP contribution in [0.5, 0.6) is 0 Å². The van der Waals surface area contributed by atoms with E-state index in [1.54, 1.807) is 17.4 Å². The average Bonchev–Trinajstić information content (AvgIpc) is 3.32. The molecule has 0 aliphatic heterocycles. The predicted octanol–water partition coefficient (Wildman–Crippen LogP) is 1.96. The molecule has 1 N–H and O–H groups in total. The number of hydrogen-bond acceptors (Lipinski definition) is 6. The Morgan fingerprint density at radius 2 is 2.08 bits per heavy atom. The summed E-state index contributed by atoms with van der Waals surface area (Å²) in [7, 11) is 1.58. The highest BCUT2D eigenvalue weighted by Gasteiger charge is 2.42. The van der Waals surface area contributed by atoms with Gasteiger partial charge in [0.05, 0.1) is 6.61 Å². The molecule has 0 saturated heterocycles. The largest absolute Gasteiger partial charge is 0.383 e. The SMILES string of the molecule is COCCNC(=O)[C@@H](c1ccc(C)cc1)N(C(=O)c1csnn1)C1CC1. The van der Waals surface area contributed by atoms with Gasteiger partial charge in [0.2, 0.25) is 5.91 Å². The van der Waals surface area contributed by atoms with Crippen molar-refractivity contribution in [2.45, 2.75) is 31.8 Å². The van der Waals surface area contributed by atoms with E-state index in [0.717, 1.165) is 35.5 Å². The minimum absolute atomic E-state index is 0.0451. The number of carbonyl (C=O) groups excluding carboxylic acids is 2.